The molecule has 1 amide bonds. The van der Waals surface area contributed by atoms with Crippen molar-refractivity contribution >= 4 is 17.4 Å². The summed E-state index contributed by atoms with van der Waals surface area (Å²) in [6.45, 7) is 0. The number of pyridine rings is 1. The van der Waals surface area contributed by atoms with Crippen molar-refractivity contribution in [2.24, 2.45) is 5.84 Å². The summed E-state index contributed by atoms with van der Waals surface area (Å²) in [5.41, 5.74) is 1.25. The normalized spacial score (nSPS) is 24.9. The van der Waals surface area contributed by atoms with E-state index in [2.05, 4.69) is 4.98 Å². The first kappa shape index (κ1) is 12.5. The number of hydrogen-bond acceptors (Lipinski definition) is 6. The van der Waals surface area contributed by atoms with Crippen LogP contribution in [0.3, 0.4) is 0 Å². The summed E-state index contributed by atoms with van der Waals surface area (Å²) in [6, 6.07) is 1.22. The van der Waals surface area contributed by atoms with E-state index in [9.17, 15) is 14.9 Å². The second-order valence-corrected chi connectivity index (χ2v) is 4.70. The van der Waals surface area contributed by atoms with Crippen LogP contribution < -0.4 is 5.84 Å². The number of allylic oxidation sites excluding steroid dienone is 1. The Kier molecular flexibility index (Phi) is 2.87. The molecule has 0 unspecified atom stereocenters. The van der Waals surface area contributed by atoms with Crippen LogP contribution in [0.4, 0.5) is 10.5 Å². The summed E-state index contributed by atoms with van der Waals surface area (Å²) >= 11 is 0. The number of rotatable bonds is 2. The molecule has 2 heterocycles. The van der Waals surface area contributed by atoms with Gasteiger partial charge in [0.25, 0.3) is 5.69 Å². The summed E-state index contributed by atoms with van der Waals surface area (Å²) in [5.74, 6) is 5.64. The number of aromatic nitrogens is 1. The number of fused-ring (bicyclic) bond motifs is 1. The molecule has 8 heteroatoms. The molecule has 1 fully saturated rings. The molecule has 2 atom stereocenters. The maximum Gasteiger partial charge on any atom is 0.425 e. The van der Waals surface area contributed by atoms with Crippen molar-refractivity contribution in [1.82, 2.24) is 9.99 Å². The first-order valence-corrected chi connectivity index (χ1v) is 6.12. The van der Waals surface area contributed by atoms with Gasteiger partial charge in [0.1, 0.15) is 18.3 Å². The number of nitrogens with zero attached hydrogens (tertiary/aromatic N) is 3. The van der Waals surface area contributed by atoms with E-state index in [-0.39, 0.29) is 17.8 Å². The van der Waals surface area contributed by atoms with Crippen LogP contribution in [-0.4, -0.2) is 33.2 Å². The molecule has 1 aromatic heterocycles. The molecule has 2 N–H and O–H groups in total. The number of hydrogen-bond donors (Lipinski definition) is 1. The van der Waals surface area contributed by atoms with Gasteiger partial charge in [-0.1, -0.05) is 6.08 Å². The zero-order valence-electron chi connectivity index (χ0n) is 10.4. The van der Waals surface area contributed by atoms with Gasteiger partial charge in [0, 0.05) is 6.20 Å². The van der Waals surface area contributed by atoms with Crippen molar-refractivity contribution in [2.45, 2.75) is 25.0 Å². The smallest absolute Gasteiger partial charge is 0.425 e. The van der Waals surface area contributed by atoms with Crippen molar-refractivity contribution in [2.75, 3.05) is 0 Å². The Bertz CT molecular complexity index is 615. The van der Waals surface area contributed by atoms with E-state index >= 15 is 0 Å². The average molecular weight is 276 g/mol. The fraction of sp³-hybridized carbons (Fsp3) is 0.333. The van der Waals surface area contributed by atoms with Gasteiger partial charge in [-0.3, -0.25) is 15.1 Å². The van der Waals surface area contributed by atoms with Gasteiger partial charge >= 0.3 is 6.09 Å². The first-order chi connectivity index (χ1) is 9.58. The Morgan fingerprint density at radius 2 is 2.35 bits per heavy atom. The van der Waals surface area contributed by atoms with E-state index in [1.807, 2.05) is 0 Å². The van der Waals surface area contributed by atoms with Gasteiger partial charge in [-0.25, -0.2) is 15.6 Å². The van der Waals surface area contributed by atoms with Crippen LogP contribution in [0.15, 0.2) is 24.5 Å². The molecule has 2 aliphatic rings. The Morgan fingerprint density at radius 1 is 1.55 bits per heavy atom. The summed E-state index contributed by atoms with van der Waals surface area (Å²) in [4.78, 5) is 25.7. The van der Waals surface area contributed by atoms with Crippen molar-refractivity contribution in [3.8, 4) is 0 Å². The van der Waals surface area contributed by atoms with E-state index in [1.165, 1.54) is 12.4 Å². The standard InChI is InChI=1S/C12H12N4O4/c13-15-9-5-7(1-2-11(9)20-12(15)17)8-3-4-14-6-10(8)16(18)19/h3-6,9,11H,1-2,13H2/t9-,11+/m1/s1. The monoisotopic (exact) mass is 276 g/mol. The summed E-state index contributed by atoms with van der Waals surface area (Å²) in [7, 11) is 0. The van der Waals surface area contributed by atoms with Crippen molar-refractivity contribution in [1.29, 1.82) is 0 Å². The lowest BCUT2D eigenvalue weighted by Crippen LogP contribution is -2.41. The van der Waals surface area contributed by atoms with Crippen molar-refractivity contribution in [3.63, 3.8) is 0 Å². The Balaban J connectivity index is 2.00. The highest BCUT2D eigenvalue weighted by Gasteiger charge is 2.41. The molecular weight excluding hydrogens is 264 g/mol. The number of ether oxygens (including phenoxy) is 1. The summed E-state index contributed by atoms with van der Waals surface area (Å²) in [6.07, 6.45) is 4.83. The summed E-state index contributed by atoms with van der Waals surface area (Å²) < 4.78 is 5.11. The van der Waals surface area contributed by atoms with Gasteiger partial charge in [0.15, 0.2) is 0 Å². The second kappa shape index (κ2) is 4.57. The van der Waals surface area contributed by atoms with Gasteiger partial charge in [0.05, 0.1) is 10.5 Å². The number of carbonyl (C=O) groups excluding carboxylic acids is 1. The molecule has 0 aromatic carbocycles. The number of hydrazine groups is 1. The Hall–Kier alpha value is -2.48. The highest BCUT2D eigenvalue weighted by atomic mass is 16.6. The SMILES string of the molecule is NN1C(=O)O[C@H]2CCC(c3ccncc3[N+](=O)[O-])=C[C@H]21. The molecular formula is C12H12N4O4. The van der Waals surface area contributed by atoms with Crippen LogP contribution in [0.5, 0.6) is 0 Å². The summed E-state index contributed by atoms with van der Waals surface area (Å²) in [5, 5.41) is 12.1. The van der Waals surface area contributed by atoms with Crippen molar-refractivity contribution in [3.05, 3.63) is 40.2 Å². The highest BCUT2D eigenvalue weighted by Crippen LogP contribution is 2.36. The number of nitro groups is 1. The Labute approximate surface area is 114 Å². The lowest BCUT2D eigenvalue weighted by atomic mass is 9.89. The molecule has 0 radical (unpaired) electrons. The largest absolute Gasteiger partial charge is 0.443 e. The van der Waals surface area contributed by atoms with Crippen LogP contribution in [-0.2, 0) is 4.74 Å². The van der Waals surface area contributed by atoms with Crippen LogP contribution >= 0.6 is 0 Å². The fourth-order valence-electron chi connectivity index (χ4n) is 2.59. The molecule has 1 aliphatic carbocycles. The third-order valence-electron chi connectivity index (χ3n) is 3.58. The van der Waals surface area contributed by atoms with Crippen LogP contribution in [0, 0.1) is 10.1 Å². The number of nitrogens with two attached hydrogens (primary N) is 1. The third kappa shape index (κ3) is 1.90. The molecule has 1 aromatic rings. The van der Waals surface area contributed by atoms with Gasteiger partial charge < -0.3 is 4.74 Å². The predicted octanol–water partition coefficient (Wildman–Crippen LogP) is 1.23. The molecule has 8 nitrogen and oxygen atoms in total. The van der Waals surface area contributed by atoms with E-state index in [0.29, 0.717) is 18.4 Å². The molecule has 3 rings (SSSR count). The molecule has 0 bridgehead atoms. The van der Waals surface area contributed by atoms with Crippen LogP contribution in [0.25, 0.3) is 5.57 Å². The zero-order valence-corrected chi connectivity index (χ0v) is 10.4. The minimum atomic E-state index is -0.568. The van der Waals surface area contributed by atoms with Gasteiger partial charge in [-0.2, -0.15) is 0 Å². The first-order valence-electron chi connectivity index (χ1n) is 6.12. The maximum absolute atomic E-state index is 11.4. The van der Waals surface area contributed by atoms with Crippen molar-refractivity contribution < 1.29 is 14.5 Å². The molecule has 20 heavy (non-hydrogen) atoms. The number of carbonyl (C=O) groups is 1. The molecule has 1 aliphatic heterocycles. The van der Waals surface area contributed by atoms with E-state index in [4.69, 9.17) is 10.6 Å². The van der Waals surface area contributed by atoms with E-state index in [0.717, 1.165) is 10.6 Å². The molecule has 104 valence electrons. The number of amides is 1. The average Bonchev–Trinajstić information content (AvgIpc) is 2.74. The topological polar surface area (TPSA) is 112 Å². The lowest BCUT2D eigenvalue weighted by Gasteiger charge is -2.24. The molecule has 0 saturated carbocycles. The zero-order chi connectivity index (χ0) is 14.3. The predicted molar refractivity (Wildman–Crippen MR) is 68.2 cm³/mol. The second-order valence-electron chi connectivity index (χ2n) is 4.70. The van der Waals surface area contributed by atoms with E-state index in [1.54, 1.807) is 12.1 Å². The maximum atomic E-state index is 11.4. The van der Waals surface area contributed by atoms with Gasteiger partial charge in [-0.05, 0) is 24.5 Å². The minimum Gasteiger partial charge on any atom is -0.443 e. The van der Waals surface area contributed by atoms with Crippen LogP contribution in [0.2, 0.25) is 0 Å². The van der Waals surface area contributed by atoms with Gasteiger partial charge in [0.2, 0.25) is 0 Å². The quantitative estimate of drug-likeness (QED) is 0.376. The van der Waals surface area contributed by atoms with Gasteiger partial charge in [-0.15, -0.1) is 0 Å². The lowest BCUT2D eigenvalue weighted by molar-refractivity contribution is -0.385. The third-order valence-corrected chi connectivity index (χ3v) is 3.58. The minimum absolute atomic E-state index is 0.0500. The molecule has 0 spiro atoms. The molecule has 1 saturated heterocycles. The highest BCUT2D eigenvalue weighted by molar-refractivity contribution is 5.76. The Morgan fingerprint density at radius 3 is 3.10 bits per heavy atom. The van der Waals surface area contributed by atoms with Crippen LogP contribution in [0.1, 0.15) is 18.4 Å². The van der Waals surface area contributed by atoms with E-state index < -0.39 is 11.0 Å². The fourth-order valence-corrected chi connectivity index (χ4v) is 2.59.